The number of benzene rings is 2. The zero-order chi connectivity index (χ0) is 23.3. The van der Waals surface area contributed by atoms with Crippen LogP contribution in [-0.4, -0.2) is 59.5 Å². The van der Waals surface area contributed by atoms with Crippen LogP contribution in [0.1, 0.15) is 46.3 Å². The van der Waals surface area contributed by atoms with Crippen molar-refractivity contribution in [2.45, 2.75) is 45.2 Å². The van der Waals surface area contributed by atoms with Gasteiger partial charge in [0.05, 0.1) is 11.2 Å². The number of carbonyl (C=O) groups is 1. The highest BCUT2D eigenvalue weighted by Gasteiger charge is 2.26. The molecule has 1 atom stereocenters. The summed E-state index contributed by atoms with van der Waals surface area (Å²) < 4.78 is 0. The van der Waals surface area contributed by atoms with E-state index >= 15 is 0 Å². The first-order valence-corrected chi connectivity index (χ1v) is 13.4. The summed E-state index contributed by atoms with van der Waals surface area (Å²) in [6, 6.07) is 19.4. The summed E-state index contributed by atoms with van der Waals surface area (Å²) in [7, 11) is 0. The quantitative estimate of drug-likeness (QED) is 0.490. The summed E-state index contributed by atoms with van der Waals surface area (Å²) in [6.07, 6.45) is 4.54. The van der Waals surface area contributed by atoms with Crippen molar-refractivity contribution in [3.8, 4) is 0 Å². The van der Waals surface area contributed by atoms with Crippen LogP contribution in [0.2, 0.25) is 0 Å². The van der Waals surface area contributed by atoms with Crippen LogP contribution in [0.3, 0.4) is 0 Å². The van der Waals surface area contributed by atoms with E-state index in [1.165, 1.54) is 28.2 Å². The summed E-state index contributed by atoms with van der Waals surface area (Å²) in [5, 5.41) is 0. The van der Waals surface area contributed by atoms with Gasteiger partial charge in [-0.25, -0.2) is 4.98 Å². The molecule has 0 spiro atoms. The molecule has 178 valence electrons. The number of thiazole rings is 1. The number of aromatic nitrogens is 1. The van der Waals surface area contributed by atoms with Gasteiger partial charge in [0.2, 0.25) is 0 Å². The summed E-state index contributed by atoms with van der Waals surface area (Å²) in [5.41, 5.74) is 6.62. The lowest BCUT2D eigenvalue weighted by atomic mass is 9.95. The van der Waals surface area contributed by atoms with E-state index in [4.69, 9.17) is 0 Å². The van der Waals surface area contributed by atoms with Crippen LogP contribution in [0.4, 0.5) is 5.69 Å². The van der Waals surface area contributed by atoms with Crippen LogP contribution in [0.25, 0.3) is 0 Å². The highest BCUT2D eigenvalue weighted by atomic mass is 32.1. The van der Waals surface area contributed by atoms with E-state index in [1.807, 2.05) is 28.6 Å². The average molecular weight is 475 g/mol. The number of piperazine rings is 1. The molecule has 2 aromatic carbocycles. The van der Waals surface area contributed by atoms with Crippen molar-refractivity contribution in [2.24, 2.45) is 0 Å². The number of aryl methyl sites for hydroxylation is 1. The van der Waals surface area contributed by atoms with E-state index in [9.17, 15) is 4.79 Å². The largest absolute Gasteiger partial charge is 0.368 e. The van der Waals surface area contributed by atoms with Crippen LogP contribution >= 0.6 is 11.3 Å². The fourth-order valence-electron chi connectivity index (χ4n) is 5.25. The fraction of sp³-hybridized carbons (Fsp3) is 0.429. The number of anilines is 1. The number of para-hydroxylation sites is 1. The van der Waals surface area contributed by atoms with Gasteiger partial charge < -0.3 is 9.80 Å². The molecule has 2 aliphatic rings. The van der Waals surface area contributed by atoms with Crippen molar-refractivity contribution in [2.75, 3.05) is 37.6 Å². The maximum atomic E-state index is 13.1. The second-order valence-electron chi connectivity index (χ2n) is 9.40. The summed E-state index contributed by atoms with van der Waals surface area (Å²) in [5.74, 6) is 0.148. The molecule has 5 rings (SSSR count). The van der Waals surface area contributed by atoms with Crippen LogP contribution < -0.4 is 4.90 Å². The van der Waals surface area contributed by atoms with E-state index in [-0.39, 0.29) is 5.91 Å². The molecule has 5 nitrogen and oxygen atoms in total. The van der Waals surface area contributed by atoms with Gasteiger partial charge in [-0.1, -0.05) is 37.3 Å². The zero-order valence-corrected chi connectivity index (χ0v) is 20.8. The first-order valence-electron chi connectivity index (χ1n) is 12.5. The monoisotopic (exact) mass is 474 g/mol. The number of nitrogens with zero attached hydrogens (tertiary/aromatic N) is 4. The molecule has 34 heavy (non-hydrogen) atoms. The third-order valence-corrected chi connectivity index (χ3v) is 8.06. The van der Waals surface area contributed by atoms with Crippen molar-refractivity contribution in [1.29, 1.82) is 0 Å². The lowest BCUT2D eigenvalue weighted by molar-refractivity contribution is 0.0746. The molecule has 1 aromatic heterocycles. The predicted molar refractivity (Wildman–Crippen MR) is 140 cm³/mol. The van der Waals surface area contributed by atoms with Gasteiger partial charge in [0.25, 0.3) is 5.91 Å². The van der Waals surface area contributed by atoms with Crippen molar-refractivity contribution in [3.63, 3.8) is 0 Å². The zero-order valence-electron chi connectivity index (χ0n) is 20.0. The molecule has 1 aliphatic heterocycles. The molecule has 1 aliphatic carbocycles. The Morgan fingerprint density at radius 3 is 2.56 bits per heavy atom. The third kappa shape index (κ3) is 5.18. The lowest BCUT2D eigenvalue weighted by Gasteiger charge is -2.36. The number of hydrogen-bond acceptors (Lipinski definition) is 5. The Labute approximate surface area is 207 Å². The van der Waals surface area contributed by atoms with Crippen molar-refractivity contribution < 1.29 is 4.79 Å². The molecule has 0 radical (unpaired) electrons. The second kappa shape index (κ2) is 10.7. The molecule has 2 heterocycles. The number of carbonyl (C=O) groups excluding carboxylic acids is 1. The van der Waals surface area contributed by atoms with E-state index in [1.54, 1.807) is 11.3 Å². The Morgan fingerprint density at radius 2 is 1.82 bits per heavy atom. The molecule has 1 amide bonds. The molecule has 0 N–H and O–H groups in total. The van der Waals surface area contributed by atoms with Crippen LogP contribution in [0, 0.1) is 0 Å². The number of fused-ring (bicyclic) bond motifs is 1. The Hall–Kier alpha value is -2.70. The van der Waals surface area contributed by atoms with Gasteiger partial charge in [-0.15, -0.1) is 11.3 Å². The molecule has 1 saturated heterocycles. The maximum Gasteiger partial charge on any atom is 0.253 e. The maximum absolute atomic E-state index is 13.1. The van der Waals surface area contributed by atoms with Crippen molar-refractivity contribution in [1.82, 2.24) is 14.8 Å². The first kappa shape index (κ1) is 23.1. The van der Waals surface area contributed by atoms with E-state index in [2.05, 4.69) is 58.1 Å². The Bertz CT molecular complexity index is 1070. The van der Waals surface area contributed by atoms with Crippen LogP contribution in [0.5, 0.6) is 0 Å². The summed E-state index contributed by atoms with van der Waals surface area (Å²) in [6.45, 7) is 7.59. The van der Waals surface area contributed by atoms with Gasteiger partial charge in [-0.05, 0) is 62.1 Å². The molecular formula is C28H34N4OS. The summed E-state index contributed by atoms with van der Waals surface area (Å²) >= 11 is 1.81. The lowest BCUT2D eigenvalue weighted by Crippen LogP contribution is -2.48. The Balaban J connectivity index is 1.18. The molecular weight excluding hydrogens is 440 g/mol. The van der Waals surface area contributed by atoms with Gasteiger partial charge in [0.15, 0.2) is 0 Å². The Kier molecular flexibility index (Phi) is 7.26. The smallest absolute Gasteiger partial charge is 0.253 e. The van der Waals surface area contributed by atoms with Gasteiger partial charge >= 0.3 is 0 Å². The Morgan fingerprint density at radius 1 is 1.06 bits per heavy atom. The van der Waals surface area contributed by atoms with E-state index in [0.717, 1.165) is 64.1 Å². The standard InChI is InChI=1S/C28H34N4OS/c1-2-14-32(25-12-13-26-27(19-25)34-21-29-26)20-22-8-10-23(11-9-22)28(33)31-17-15-30(16-18-31)24-6-4-3-5-7-24/h3-11,21,25H,2,12-20H2,1H3. The summed E-state index contributed by atoms with van der Waals surface area (Å²) in [4.78, 5) is 26.1. The molecule has 3 aromatic rings. The first-order chi connectivity index (χ1) is 16.7. The van der Waals surface area contributed by atoms with Crippen molar-refractivity contribution >= 4 is 22.9 Å². The normalized spacial score (nSPS) is 18.2. The number of amides is 1. The third-order valence-electron chi connectivity index (χ3n) is 7.16. The highest BCUT2D eigenvalue weighted by molar-refractivity contribution is 7.09. The minimum absolute atomic E-state index is 0.148. The number of hydrogen-bond donors (Lipinski definition) is 0. The minimum Gasteiger partial charge on any atom is -0.368 e. The molecule has 1 fully saturated rings. The molecule has 0 bridgehead atoms. The molecule has 6 heteroatoms. The minimum atomic E-state index is 0.148. The van der Waals surface area contributed by atoms with E-state index in [0.29, 0.717) is 6.04 Å². The predicted octanol–water partition coefficient (Wildman–Crippen LogP) is 4.88. The van der Waals surface area contributed by atoms with Crippen LogP contribution in [0.15, 0.2) is 60.1 Å². The number of rotatable bonds is 7. The average Bonchev–Trinajstić information content (AvgIpc) is 3.37. The molecule has 0 saturated carbocycles. The van der Waals surface area contributed by atoms with Gasteiger partial charge in [-0.2, -0.15) is 0 Å². The van der Waals surface area contributed by atoms with E-state index < -0.39 is 0 Å². The van der Waals surface area contributed by atoms with Gasteiger partial charge in [0, 0.05) is 54.9 Å². The SMILES string of the molecule is CCCN(Cc1ccc(C(=O)N2CCN(c3ccccc3)CC2)cc1)C1CCc2ncsc2C1. The van der Waals surface area contributed by atoms with Gasteiger partial charge in [-0.3, -0.25) is 9.69 Å². The fourth-order valence-corrected chi connectivity index (χ4v) is 6.14. The van der Waals surface area contributed by atoms with Crippen molar-refractivity contribution in [3.05, 3.63) is 81.8 Å². The molecule has 1 unspecified atom stereocenters. The highest BCUT2D eigenvalue weighted by Crippen LogP contribution is 2.28. The van der Waals surface area contributed by atoms with Crippen LogP contribution in [-0.2, 0) is 19.4 Å². The van der Waals surface area contributed by atoms with Gasteiger partial charge in [0.1, 0.15) is 0 Å². The topological polar surface area (TPSA) is 39.7 Å². The second-order valence-corrected chi connectivity index (χ2v) is 10.3.